The Morgan fingerprint density at radius 1 is 1.09 bits per heavy atom. The molecular formula is C23H30N2O6S2. The summed E-state index contributed by atoms with van der Waals surface area (Å²) in [5, 5.41) is 2.79. The van der Waals surface area contributed by atoms with E-state index in [1.807, 2.05) is 31.2 Å². The molecule has 33 heavy (non-hydrogen) atoms. The number of hydrogen-bond donors (Lipinski definition) is 1. The molecule has 0 unspecified atom stereocenters. The number of nitrogens with one attached hydrogen (secondary N) is 1. The summed E-state index contributed by atoms with van der Waals surface area (Å²) < 4.78 is 43.7. The van der Waals surface area contributed by atoms with Gasteiger partial charge in [0.05, 0.1) is 37.1 Å². The summed E-state index contributed by atoms with van der Waals surface area (Å²) in [6.45, 7) is 6.19. The van der Waals surface area contributed by atoms with Crippen molar-refractivity contribution < 1.29 is 27.4 Å². The molecule has 1 heterocycles. The third kappa shape index (κ3) is 7.36. The molecule has 180 valence electrons. The van der Waals surface area contributed by atoms with Gasteiger partial charge in [-0.1, -0.05) is 6.07 Å². The van der Waals surface area contributed by atoms with Gasteiger partial charge in [-0.3, -0.25) is 4.79 Å². The molecule has 2 aromatic rings. The van der Waals surface area contributed by atoms with Crippen LogP contribution >= 0.6 is 11.8 Å². The van der Waals surface area contributed by atoms with Crippen molar-refractivity contribution in [3.63, 3.8) is 0 Å². The van der Waals surface area contributed by atoms with Gasteiger partial charge in [-0.2, -0.15) is 4.31 Å². The normalized spacial score (nSPS) is 14.6. The van der Waals surface area contributed by atoms with Crippen molar-refractivity contribution in [2.45, 2.75) is 18.7 Å². The van der Waals surface area contributed by atoms with Crippen LogP contribution in [0.5, 0.6) is 11.5 Å². The molecule has 1 amide bonds. The van der Waals surface area contributed by atoms with E-state index >= 15 is 0 Å². The van der Waals surface area contributed by atoms with Gasteiger partial charge >= 0.3 is 0 Å². The first-order valence-corrected chi connectivity index (χ1v) is 13.4. The monoisotopic (exact) mass is 494 g/mol. The van der Waals surface area contributed by atoms with Gasteiger partial charge in [-0.05, 0) is 55.8 Å². The first kappa shape index (κ1) is 25.4. The second-order valence-corrected chi connectivity index (χ2v) is 10.4. The summed E-state index contributed by atoms with van der Waals surface area (Å²) in [7, 11) is -3.64. The topological polar surface area (TPSA) is 94.2 Å². The van der Waals surface area contributed by atoms with Crippen LogP contribution in [0.2, 0.25) is 0 Å². The van der Waals surface area contributed by atoms with E-state index in [1.165, 1.54) is 22.1 Å². The van der Waals surface area contributed by atoms with Gasteiger partial charge in [0, 0.05) is 24.5 Å². The molecule has 1 N–H and O–H groups in total. The van der Waals surface area contributed by atoms with Crippen molar-refractivity contribution >= 4 is 33.4 Å². The number of anilines is 1. The number of thioether (sulfide) groups is 1. The third-order valence-electron chi connectivity index (χ3n) is 4.92. The molecule has 0 saturated carbocycles. The van der Waals surface area contributed by atoms with Crippen LogP contribution < -0.4 is 14.8 Å². The van der Waals surface area contributed by atoms with Gasteiger partial charge in [-0.15, -0.1) is 11.8 Å². The van der Waals surface area contributed by atoms with Crippen LogP contribution in [0.3, 0.4) is 0 Å². The molecular weight excluding hydrogens is 464 g/mol. The standard InChI is InChI=1S/C23H30N2O6S2/c1-3-30-20-6-8-21(9-7-20)31-14-15-32-17-23(26)24-19-5-4-18(2)22(16-19)33(27,28)25-10-12-29-13-11-25/h4-9,16H,3,10-15,17H2,1-2H3,(H,24,26). The van der Waals surface area contributed by atoms with Crippen molar-refractivity contribution in [1.82, 2.24) is 4.31 Å². The smallest absolute Gasteiger partial charge is 0.243 e. The zero-order valence-corrected chi connectivity index (χ0v) is 20.5. The number of sulfonamides is 1. The number of hydrogen-bond acceptors (Lipinski definition) is 7. The number of benzene rings is 2. The fourth-order valence-corrected chi connectivity index (χ4v) is 5.52. The van der Waals surface area contributed by atoms with Gasteiger partial charge in [0.15, 0.2) is 0 Å². The molecule has 1 aliphatic rings. The van der Waals surface area contributed by atoms with Gasteiger partial charge in [0.1, 0.15) is 11.5 Å². The maximum atomic E-state index is 13.0. The molecule has 0 atom stereocenters. The Morgan fingerprint density at radius 2 is 1.76 bits per heavy atom. The molecule has 1 fully saturated rings. The number of morpholine rings is 1. The van der Waals surface area contributed by atoms with Crippen molar-refractivity contribution in [2.24, 2.45) is 0 Å². The van der Waals surface area contributed by atoms with Crippen molar-refractivity contribution in [2.75, 3.05) is 56.3 Å². The highest BCUT2D eigenvalue weighted by Gasteiger charge is 2.28. The lowest BCUT2D eigenvalue weighted by Gasteiger charge is -2.26. The number of aryl methyl sites for hydroxylation is 1. The van der Waals surface area contributed by atoms with Gasteiger partial charge in [0.2, 0.25) is 15.9 Å². The molecule has 1 saturated heterocycles. The minimum absolute atomic E-state index is 0.195. The van der Waals surface area contributed by atoms with Crippen LogP contribution in [0.1, 0.15) is 12.5 Å². The van der Waals surface area contributed by atoms with Crippen LogP contribution in [-0.4, -0.2) is 69.7 Å². The summed E-state index contributed by atoms with van der Waals surface area (Å²) in [4.78, 5) is 12.5. The SMILES string of the molecule is CCOc1ccc(OCCSCC(=O)Nc2ccc(C)c(S(=O)(=O)N3CCOCC3)c2)cc1. The highest BCUT2D eigenvalue weighted by atomic mass is 32.2. The summed E-state index contributed by atoms with van der Waals surface area (Å²) in [5.74, 6) is 2.24. The van der Waals surface area contributed by atoms with Crippen molar-refractivity contribution in [1.29, 1.82) is 0 Å². The van der Waals surface area contributed by atoms with Crippen LogP contribution in [0.4, 0.5) is 5.69 Å². The van der Waals surface area contributed by atoms with E-state index in [9.17, 15) is 13.2 Å². The van der Waals surface area contributed by atoms with E-state index in [0.29, 0.717) is 56.5 Å². The molecule has 8 nitrogen and oxygen atoms in total. The third-order valence-corrected chi connectivity index (χ3v) is 7.89. The zero-order chi connectivity index (χ0) is 23.7. The number of amides is 1. The second kappa shape index (κ2) is 12.3. The number of nitrogens with zero attached hydrogens (tertiary/aromatic N) is 1. The molecule has 0 aromatic heterocycles. The first-order chi connectivity index (χ1) is 15.9. The van der Waals surface area contributed by atoms with Gasteiger partial charge < -0.3 is 19.5 Å². The lowest BCUT2D eigenvalue weighted by Crippen LogP contribution is -2.40. The Hall–Kier alpha value is -2.27. The van der Waals surface area contributed by atoms with Gasteiger partial charge in [0.25, 0.3) is 0 Å². The molecule has 10 heteroatoms. The quantitative estimate of drug-likeness (QED) is 0.480. The van der Waals surface area contributed by atoms with E-state index in [4.69, 9.17) is 14.2 Å². The summed E-state index contributed by atoms with van der Waals surface area (Å²) in [6, 6.07) is 12.4. The van der Waals surface area contributed by atoms with E-state index in [-0.39, 0.29) is 16.6 Å². The average molecular weight is 495 g/mol. The van der Waals surface area contributed by atoms with Crippen molar-refractivity contribution in [3.05, 3.63) is 48.0 Å². The lowest BCUT2D eigenvalue weighted by atomic mass is 10.2. The number of ether oxygens (including phenoxy) is 3. The number of carbonyl (C=O) groups is 1. The highest BCUT2D eigenvalue weighted by molar-refractivity contribution is 7.99. The van der Waals surface area contributed by atoms with E-state index in [2.05, 4.69) is 5.32 Å². The minimum atomic E-state index is -3.64. The maximum absolute atomic E-state index is 13.0. The first-order valence-electron chi connectivity index (χ1n) is 10.8. The lowest BCUT2D eigenvalue weighted by molar-refractivity contribution is -0.113. The van der Waals surface area contributed by atoms with Gasteiger partial charge in [-0.25, -0.2) is 8.42 Å². The Bertz CT molecular complexity index is 1020. The number of rotatable bonds is 11. The molecule has 0 bridgehead atoms. The Kier molecular flexibility index (Phi) is 9.42. The zero-order valence-electron chi connectivity index (χ0n) is 18.9. The predicted molar refractivity (Wildman–Crippen MR) is 130 cm³/mol. The Labute approximate surface area is 199 Å². The fraction of sp³-hybridized carbons (Fsp3) is 0.435. The van der Waals surface area contributed by atoms with E-state index in [1.54, 1.807) is 19.1 Å². The van der Waals surface area contributed by atoms with E-state index < -0.39 is 10.0 Å². The predicted octanol–water partition coefficient (Wildman–Crippen LogP) is 3.17. The number of carbonyl (C=O) groups excluding carboxylic acids is 1. The molecule has 3 rings (SSSR count). The van der Waals surface area contributed by atoms with Crippen LogP contribution in [0.25, 0.3) is 0 Å². The molecule has 1 aliphatic heterocycles. The van der Waals surface area contributed by atoms with Crippen LogP contribution in [0, 0.1) is 6.92 Å². The molecule has 0 aliphatic carbocycles. The summed E-state index contributed by atoms with van der Waals surface area (Å²) in [6.07, 6.45) is 0. The molecule has 0 spiro atoms. The molecule has 0 radical (unpaired) electrons. The van der Waals surface area contributed by atoms with Crippen LogP contribution in [-0.2, 0) is 19.6 Å². The minimum Gasteiger partial charge on any atom is -0.494 e. The summed E-state index contributed by atoms with van der Waals surface area (Å²) in [5.41, 5.74) is 1.10. The maximum Gasteiger partial charge on any atom is 0.243 e. The van der Waals surface area contributed by atoms with Crippen molar-refractivity contribution in [3.8, 4) is 11.5 Å². The Morgan fingerprint density at radius 3 is 2.42 bits per heavy atom. The average Bonchev–Trinajstić information content (AvgIpc) is 2.82. The Balaban J connectivity index is 1.46. The van der Waals surface area contributed by atoms with E-state index in [0.717, 1.165) is 11.5 Å². The van der Waals surface area contributed by atoms with Crippen LogP contribution in [0.15, 0.2) is 47.4 Å². The highest BCUT2D eigenvalue weighted by Crippen LogP contribution is 2.24. The fourth-order valence-electron chi connectivity index (χ4n) is 3.26. The second-order valence-electron chi connectivity index (χ2n) is 7.35. The summed E-state index contributed by atoms with van der Waals surface area (Å²) >= 11 is 1.44. The largest absolute Gasteiger partial charge is 0.494 e. The molecule has 2 aromatic carbocycles.